The third kappa shape index (κ3) is 6.63. The SMILES string of the molecule is CN1C[C@H]2C[C@@H](C(=O)N[C@H](Cc3ccc(F)cc3)C(=O)N3CCC(C(=O)NC(C)(C)C)(C4CCCCC4)CC3)[C@@H]1C2. The predicted octanol–water partition coefficient (Wildman–Crippen LogP) is 4.30. The highest BCUT2D eigenvalue weighted by Crippen LogP contribution is 2.46. The van der Waals surface area contributed by atoms with E-state index in [-0.39, 0.29) is 41.0 Å². The van der Waals surface area contributed by atoms with Crippen LogP contribution >= 0.6 is 0 Å². The number of likely N-dealkylation sites (tertiary alicyclic amines) is 2. The molecular weight excluding hydrogens is 519 g/mol. The molecule has 41 heavy (non-hydrogen) atoms. The number of benzene rings is 1. The number of nitrogens with zero attached hydrogens (tertiary/aromatic N) is 2. The normalized spacial score (nSPS) is 27.4. The molecule has 3 amide bonds. The molecule has 7 nitrogen and oxygen atoms in total. The van der Waals surface area contributed by atoms with Gasteiger partial charge in [0.05, 0.1) is 11.3 Å². The molecule has 4 aliphatic rings. The third-order valence-electron chi connectivity index (χ3n) is 10.3. The fourth-order valence-corrected chi connectivity index (χ4v) is 8.20. The van der Waals surface area contributed by atoms with Crippen molar-refractivity contribution in [3.63, 3.8) is 0 Å². The van der Waals surface area contributed by atoms with Crippen LogP contribution in [0.4, 0.5) is 4.39 Å². The van der Waals surface area contributed by atoms with E-state index in [1.807, 2.05) is 25.7 Å². The van der Waals surface area contributed by atoms with Gasteiger partial charge in [0.2, 0.25) is 17.7 Å². The highest BCUT2D eigenvalue weighted by Gasteiger charge is 2.50. The van der Waals surface area contributed by atoms with E-state index >= 15 is 0 Å². The number of nitrogens with one attached hydrogen (secondary N) is 2. The van der Waals surface area contributed by atoms with Crippen LogP contribution in [-0.4, -0.2) is 71.8 Å². The first-order valence-corrected chi connectivity index (χ1v) is 15.8. The molecular formula is C33H49FN4O3. The number of carbonyl (C=O) groups excluding carboxylic acids is 3. The molecule has 0 spiro atoms. The number of halogens is 1. The Morgan fingerprint density at radius 2 is 1.68 bits per heavy atom. The molecule has 2 saturated carbocycles. The highest BCUT2D eigenvalue weighted by atomic mass is 19.1. The second-order valence-corrected chi connectivity index (χ2v) is 14.4. The zero-order valence-electron chi connectivity index (χ0n) is 25.4. The lowest BCUT2D eigenvalue weighted by Gasteiger charge is -2.48. The Hall–Kier alpha value is -2.48. The van der Waals surface area contributed by atoms with E-state index in [9.17, 15) is 18.8 Å². The molecule has 0 radical (unpaired) electrons. The van der Waals surface area contributed by atoms with Crippen molar-refractivity contribution < 1.29 is 18.8 Å². The molecule has 5 rings (SSSR count). The van der Waals surface area contributed by atoms with E-state index in [4.69, 9.17) is 0 Å². The topological polar surface area (TPSA) is 81.8 Å². The second-order valence-electron chi connectivity index (χ2n) is 14.4. The summed E-state index contributed by atoms with van der Waals surface area (Å²) < 4.78 is 13.6. The molecule has 4 atom stereocenters. The maximum atomic E-state index is 14.1. The minimum absolute atomic E-state index is 0.0531. The van der Waals surface area contributed by atoms with Crippen LogP contribution in [0.5, 0.6) is 0 Å². The lowest BCUT2D eigenvalue weighted by molar-refractivity contribution is -0.147. The Balaban J connectivity index is 1.31. The summed E-state index contributed by atoms with van der Waals surface area (Å²) in [5.74, 6) is 0.412. The lowest BCUT2D eigenvalue weighted by Crippen LogP contribution is -2.59. The summed E-state index contributed by atoms with van der Waals surface area (Å²) in [6, 6.07) is 5.69. The molecule has 8 heteroatoms. The van der Waals surface area contributed by atoms with Gasteiger partial charge in [-0.1, -0.05) is 31.4 Å². The van der Waals surface area contributed by atoms with Crippen molar-refractivity contribution in [3.8, 4) is 0 Å². The monoisotopic (exact) mass is 568 g/mol. The fraction of sp³-hybridized carbons (Fsp3) is 0.727. The summed E-state index contributed by atoms with van der Waals surface area (Å²) in [5.41, 5.74) is 0.0333. The van der Waals surface area contributed by atoms with Crippen molar-refractivity contribution in [2.24, 2.45) is 23.2 Å². The van der Waals surface area contributed by atoms with Gasteiger partial charge in [0.25, 0.3) is 0 Å². The number of rotatable bonds is 7. The summed E-state index contributed by atoms with van der Waals surface area (Å²) in [4.78, 5) is 45.5. The van der Waals surface area contributed by atoms with Crippen molar-refractivity contribution >= 4 is 17.7 Å². The Morgan fingerprint density at radius 1 is 1.02 bits per heavy atom. The van der Waals surface area contributed by atoms with Gasteiger partial charge in [-0.25, -0.2) is 4.39 Å². The maximum Gasteiger partial charge on any atom is 0.245 e. The van der Waals surface area contributed by atoms with E-state index in [1.165, 1.54) is 18.6 Å². The second kappa shape index (κ2) is 12.0. The van der Waals surface area contributed by atoms with Crippen LogP contribution in [-0.2, 0) is 20.8 Å². The van der Waals surface area contributed by atoms with Gasteiger partial charge < -0.3 is 20.4 Å². The van der Waals surface area contributed by atoms with Crippen LogP contribution in [0.25, 0.3) is 0 Å². The molecule has 2 heterocycles. The summed E-state index contributed by atoms with van der Waals surface area (Å²) in [5, 5.41) is 6.40. The first-order chi connectivity index (χ1) is 19.4. The van der Waals surface area contributed by atoms with Crippen molar-refractivity contribution in [2.45, 2.75) is 103 Å². The molecule has 0 unspecified atom stereocenters. The first-order valence-electron chi connectivity index (χ1n) is 15.8. The van der Waals surface area contributed by atoms with Crippen molar-refractivity contribution in [1.29, 1.82) is 0 Å². The fourth-order valence-electron chi connectivity index (χ4n) is 8.20. The van der Waals surface area contributed by atoms with Crippen LogP contribution in [0.15, 0.2) is 24.3 Å². The van der Waals surface area contributed by atoms with E-state index in [0.717, 1.165) is 50.6 Å². The maximum absolute atomic E-state index is 14.1. The molecule has 2 N–H and O–H groups in total. The van der Waals surface area contributed by atoms with Crippen LogP contribution in [0.1, 0.15) is 84.1 Å². The molecule has 2 aliphatic carbocycles. The third-order valence-corrected chi connectivity index (χ3v) is 10.3. The van der Waals surface area contributed by atoms with E-state index < -0.39 is 11.5 Å². The first kappa shape index (κ1) is 30.0. The minimum atomic E-state index is -0.719. The average Bonchev–Trinajstić information content (AvgIpc) is 3.53. The van der Waals surface area contributed by atoms with Crippen LogP contribution < -0.4 is 10.6 Å². The lowest BCUT2D eigenvalue weighted by atomic mass is 9.63. The number of hydrogen-bond donors (Lipinski definition) is 2. The van der Waals surface area contributed by atoms with Gasteiger partial charge in [-0.15, -0.1) is 0 Å². The summed E-state index contributed by atoms with van der Waals surface area (Å²) in [7, 11) is 2.08. The van der Waals surface area contributed by atoms with Crippen LogP contribution in [0.3, 0.4) is 0 Å². The minimum Gasteiger partial charge on any atom is -0.351 e. The molecule has 226 valence electrons. The van der Waals surface area contributed by atoms with Crippen molar-refractivity contribution in [2.75, 3.05) is 26.7 Å². The highest BCUT2D eigenvalue weighted by molar-refractivity contribution is 5.90. The molecule has 2 saturated heterocycles. The average molecular weight is 569 g/mol. The summed E-state index contributed by atoms with van der Waals surface area (Å²) in [6.45, 7) is 8.10. The smallest absolute Gasteiger partial charge is 0.245 e. The number of hydrogen-bond acceptors (Lipinski definition) is 4. The Labute approximate surface area is 245 Å². The van der Waals surface area contributed by atoms with Crippen LogP contribution in [0, 0.1) is 29.0 Å². The van der Waals surface area contributed by atoms with Crippen LogP contribution in [0.2, 0.25) is 0 Å². The number of carbonyl (C=O) groups is 3. The molecule has 0 aromatic heterocycles. The largest absolute Gasteiger partial charge is 0.351 e. The summed E-state index contributed by atoms with van der Waals surface area (Å²) in [6.07, 6.45) is 9.16. The molecule has 4 fully saturated rings. The van der Waals surface area contributed by atoms with Crippen molar-refractivity contribution in [3.05, 3.63) is 35.6 Å². The quantitative estimate of drug-likeness (QED) is 0.514. The Morgan fingerprint density at radius 3 is 2.27 bits per heavy atom. The van der Waals surface area contributed by atoms with E-state index in [0.29, 0.717) is 44.2 Å². The molecule has 2 bridgehead atoms. The number of amides is 3. The van der Waals surface area contributed by atoms with Gasteiger partial charge in [0.15, 0.2) is 0 Å². The van der Waals surface area contributed by atoms with Gasteiger partial charge in [-0.05, 0) is 95.9 Å². The Bertz CT molecular complexity index is 1100. The standard InChI is InChI=1S/C33H49FN4O3/c1-32(2,3)36-31(41)33(24-8-6-5-7-9-24)14-16-38(17-15-33)30(40)27(19-22-10-12-25(34)13-11-22)35-29(39)26-18-23-20-28(26)37(4)21-23/h10-13,23-24,26-28H,5-9,14-21H2,1-4H3,(H,35,39)(H,36,41)/t23-,26+,27+,28-/m0/s1. The predicted molar refractivity (Wildman–Crippen MR) is 157 cm³/mol. The van der Waals surface area contributed by atoms with Crippen molar-refractivity contribution in [1.82, 2.24) is 20.4 Å². The van der Waals surface area contributed by atoms with Gasteiger partial charge in [-0.3, -0.25) is 14.4 Å². The zero-order valence-corrected chi connectivity index (χ0v) is 25.4. The van der Waals surface area contributed by atoms with E-state index in [1.54, 1.807) is 12.1 Å². The van der Waals surface area contributed by atoms with Gasteiger partial charge >= 0.3 is 0 Å². The van der Waals surface area contributed by atoms with Gasteiger partial charge in [0.1, 0.15) is 11.9 Å². The summed E-state index contributed by atoms with van der Waals surface area (Å²) >= 11 is 0. The number of fused-ring (bicyclic) bond motifs is 2. The van der Waals surface area contributed by atoms with Gasteiger partial charge in [-0.2, -0.15) is 0 Å². The molecule has 1 aromatic carbocycles. The molecule has 1 aromatic rings. The number of piperidine rings is 2. The molecule has 2 aliphatic heterocycles. The van der Waals surface area contributed by atoms with Gasteiger partial charge in [0, 0.05) is 37.6 Å². The Kier molecular flexibility index (Phi) is 8.79. The van der Waals surface area contributed by atoms with E-state index in [2.05, 4.69) is 22.6 Å². The zero-order chi connectivity index (χ0) is 29.4.